The molecule has 2 unspecified atom stereocenters. The molecule has 14 heavy (non-hydrogen) atoms. The lowest BCUT2D eigenvalue weighted by Crippen LogP contribution is -2.51. The smallest absolute Gasteiger partial charge is 0.404 e. The van der Waals surface area contributed by atoms with E-state index in [1.54, 1.807) is 0 Å². The number of nitrogens with one attached hydrogen (secondary N) is 1. The average Bonchev–Trinajstić information content (AvgIpc) is 2.15. The van der Waals surface area contributed by atoms with Gasteiger partial charge in [0.1, 0.15) is 10.8 Å². The number of hydrogen-bond donors (Lipinski definition) is 2. The number of Topliss-reactive ketones (excluding diaryl/α,β-unsaturated/α-hetero) is 1. The maximum absolute atomic E-state index is 10.4. The maximum Gasteiger partial charge on any atom is 0.404 e. The number of ketones is 1. The van der Waals surface area contributed by atoms with Crippen LogP contribution in [0.3, 0.4) is 0 Å². The van der Waals surface area contributed by atoms with E-state index < -0.39 is 16.8 Å². The van der Waals surface area contributed by atoms with Gasteiger partial charge in [-0.15, -0.1) is 47.2 Å². The van der Waals surface area contributed by atoms with Gasteiger partial charge in [-0.05, 0) is 0 Å². The first-order valence-electron chi connectivity index (χ1n) is 3.28. The van der Waals surface area contributed by atoms with Crippen LogP contribution in [0.4, 0.5) is 4.79 Å². The Bertz CT molecular complexity index is 201. The average molecular weight is 285 g/mol. The van der Waals surface area contributed by atoms with Gasteiger partial charge >= 0.3 is 6.09 Å². The molecule has 2 N–H and O–H groups in total. The number of hydrogen-bond acceptors (Lipinski definition) is 2. The molecule has 1 amide bonds. The van der Waals surface area contributed by atoms with Crippen LogP contribution in [0.25, 0.3) is 0 Å². The van der Waals surface area contributed by atoms with Gasteiger partial charge in [-0.3, -0.25) is 4.79 Å². The van der Waals surface area contributed by atoms with Gasteiger partial charge in [0.15, 0.2) is 5.78 Å². The molecule has 0 aromatic rings. The molecule has 8 heteroatoms. The molecule has 0 aromatic heterocycles. The predicted octanol–water partition coefficient (Wildman–Crippen LogP) is 1.70. The summed E-state index contributed by atoms with van der Waals surface area (Å²) in [5, 5.41) is 8.07. The van der Waals surface area contributed by atoms with Crippen LogP contribution in [0.2, 0.25) is 0 Å². The molecule has 0 heterocycles. The molecule has 0 saturated heterocycles. The van der Waals surface area contributed by atoms with E-state index in [-0.39, 0.29) is 23.6 Å². The van der Waals surface area contributed by atoms with Gasteiger partial charge in [-0.1, -0.05) is 0 Å². The highest BCUT2D eigenvalue weighted by atomic mass is 35.5. The van der Waals surface area contributed by atoms with Gasteiger partial charge < -0.3 is 10.4 Å². The number of carbonyl (C=O) groups excluding carboxylic acids is 1. The van der Waals surface area contributed by atoms with E-state index >= 15 is 0 Å². The van der Waals surface area contributed by atoms with Crippen LogP contribution < -0.4 is 5.32 Å². The Labute approximate surface area is 102 Å². The zero-order valence-corrected chi connectivity index (χ0v) is 10.1. The van der Waals surface area contributed by atoms with E-state index in [1.807, 2.05) is 5.32 Å². The number of carboxylic acid groups (broad SMARTS) is 1. The summed E-state index contributed by atoms with van der Waals surface area (Å²) >= 11 is 16.2. The Kier molecular flexibility index (Phi) is 8.73. The number of alkyl halides is 3. The van der Waals surface area contributed by atoms with Crippen LogP contribution in [0.1, 0.15) is 0 Å². The molecule has 84 valence electrons. The van der Waals surface area contributed by atoms with Gasteiger partial charge in [0.25, 0.3) is 0 Å². The molecule has 0 bridgehead atoms. The Hall–Kier alpha value is 0.1000. The second kappa shape index (κ2) is 7.40. The van der Waals surface area contributed by atoms with Crippen LogP contribution in [0.15, 0.2) is 0 Å². The van der Waals surface area contributed by atoms with Crippen molar-refractivity contribution in [2.24, 2.45) is 0 Å². The normalized spacial score (nSPS) is 28.9. The number of rotatable bonds is 0. The van der Waals surface area contributed by atoms with Crippen LogP contribution in [0.5, 0.6) is 0 Å². The summed E-state index contributed by atoms with van der Waals surface area (Å²) in [4.78, 5) is 19.7. The van der Waals surface area contributed by atoms with Crippen LogP contribution >= 0.6 is 47.2 Å². The minimum Gasteiger partial charge on any atom is -0.465 e. The third kappa shape index (κ3) is 4.55. The Morgan fingerprint density at radius 3 is 1.71 bits per heavy atom. The molecule has 1 fully saturated rings. The van der Waals surface area contributed by atoms with Crippen molar-refractivity contribution in [3.63, 3.8) is 0 Å². The maximum atomic E-state index is 10.4. The Balaban J connectivity index is 0. The molecular weight excluding hydrogens is 276 g/mol. The number of carbonyl (C=O) groups is 2. The fourth-order valence-electron chi connectivity index (χ4n) is 0.496. The molecule has 0 aromatic carbocycles. The van der Waals surface area contributed by atoms with Crippen LogP contribution in [-0.2, 0) is 4.79 Å². The number of amides is 1. The lowest BCUT2D eigenvalue weighted by molar-refractivity contribution is -0.122. The van der Waals surface area contributed by atoms with Crippen molar-refractivity contribution >= 4 is 59.1 Å². The Morgan fingerprint density at radius 2 is 1.64 bits per heavy atom. The van der Waals surface area contributed by atoms with Crippen LogP contribution in [0, 0.1) is 0 Å². The summed E-state index contributed by atoms with van der Waals surface area (Å²) in [5.41, 5.74) is 0. The van der Waals surface area contributed by atoms with Crippen molar-refractivity contribution in [1.82, 2.24) is 5.32 Å². The van der Waals surface area contributed by atoms with Gasteiger partial charge in [0, 0.05) is 7.05 Å². The monoisotopic (exact) mass is 283 g/mol. The van der Waals surface area contributed by atoms with E-state index in [0.717, 1.165) is 0 Å². The molecule has 4 nitrogen and oxygen atoms in total. The van der Waals surface area contributed by atoms with E-state index in [4.69, 9.17) is 39.9 Å². The first kappa shape index (κ1) is 16.5. The largest absolute Gasteiger partial charge is 0.465 e. The quantitative estimate of drug-likeness (QED) is 0.666. The molecule has 0 aliphatic heterocycles. The number of halogens is 4. The highest BCUT2D eigenvalue weighted by Gasteiger charge is 2.46. The Morgan fingerprint density at radius 1 is 1.36 bits per heavy atom. The molecule has 2 atom stereocenters. The molecule has 0 spiro atoms. The van der Waals surface area contributed by atoms with Crippen molar-refractivity contribution in [1.29, 1.82) is 0 Å². The molecule has 1 aliphatic carbocycles. The fourth-order valence-corrected chi connectivity index (χ4v) is 1.45. The fraction of sp³-hybridized carbons (Fsp3) is 0.667. The lowest BCUT2D eigenvalue weighted by atomic mass is 9.96. The van der Waals surface area contributed by atoms with E-state index in [2.05, 4.69) is 0 Å². The predicted molar refractivity (Wildman–Crippen MR) is 58.3 cm³/mol. The second-order valence-corrected chi connectivity index (χ2v) is 3.65. The van der Waals surface area contributed by atoms with Crippen molar-refractivity contribution in [2.45, 2.75) is 16.1 Å². The highest BCUT2D eigenvalue weighted by Crippen LogP contribution is 2.31. The van der Waals surface area contributed by atoms with Gasteiger partial charge in [-0.25, -0.2) is 4.79 Å². The zero-order chi connectivity index (χ0) is 10.6. The molecule has 1 rings (SSSR count). The first-order chi connectivity index (χ1) is 5.91. The van der Waals surface area contributed by atoms with Crippen molar-refractivity contribution < 1.29 is 14.7 Å². The van der Waals surface area contributed by atoms with Gasteiger partial charge in [-0.2, -0.15) is 0 Å². The van der Waals surface area contributed by atoms with Crippen LogP contribution in [-0.4, -0.2) is 40.2 Å². The minimum atomic E-state index is -0.995. The third-order valence-corrected chi connectivity index (χ3v) is 3.05. The standard InChI is InChI=1S/C4H3Cl3O.C2H5NO2.ClH/c5-1-2(6)4(8)3(1)7;1-3-2(4)5;/h1-3H;3H,1H3,(H,4,5);1H. The van der Waals surface area contributed by atoms with Gasteiger partial charge in [0.05, 0.1) is 5.38 Å². The minimum absolute atomic E-state index is 0. The molecule has 1 saturated carbocycles. The summed E-state index contributed by atoms with van der Waals surface area (Å²) in [6.45, 7) is 0. The van der Waals surface area contributed by atoms with E-state index in [1.165, 1.54) is 7.05 Å². The highest BCUT2D eigenvalue weighted by molar-refractivity contribution is 6.52. The summed E-state index contributed by atoms with van der Waals surface area (Å²) in [6, 6.07) is 0. The zero-order valence-electron chi connectivity index (χ0n) is 7.04. The summed E-state index contributed by atoms with van der Waals surface area (Å²) < 4.78 is 0. The van der Waals surface area contributed by atoms with E-state index in [0.29, 0.717) is 0 Å². The molecule has 0 radical (unpaired) electrons. The van der Waals surface area contributed by atoms with Crippen molar-refractivity contribution in [2.75, 3.05) is 7.05 Å². The summed E-state index contributed by atoms with van der Waals surface area (Å²) in [5.74, 6) is -0.159. The lowest BCUT2D eigenvalue weighted by Gasteiger charge is -2.29. The first-order valence-corrected chi connectivity index (χ1v) is 4.59. The summed E-state index contributed by atoms with van der Waals surface area (Å²) in [6.07, 6.45) is -0.995. The molecule has 1 aliphatic rings. The van der Waals surface area contributed by atoms with Crippen molar-refractivity contribution in [3.05, 3.63) is 0 Å². The molecular formula is C6H9Cl4NO3. The van der Waals surface area contributed by atoms with Crippen molar-refractivity contribution in [3.8, 4) is 0 Å². The van der Waals surface area contributed by atoms with E-state index in [9.17, 15) is 9.59 Å². The third-order valence-electron chi connectivity index (χ3n) is 1.32. The summed E-state index contributed by atoms with van der Waals surface area (Å²) in [7, 11) is 1.35. The SMILES string of the molecule is CNC(=O)O.Cl.O=C1C(Cl)C(Cl)C1Cl. The topological polar surface area (TPSA) is 66.4 Å². The van der Waals surface area contributed by atoms with Gasteiger partial charge in [0.2, 0.25) is 0 Å². The second-order valence-electron chi connectivity index (χ2n) is 2.21.